The van der Waals surface area contributed by atoms with Crippen LogP contribution in [-0.2, 0) is 18.5 Å². The highest BCUT2D eigenvalue weighted by molar-refractivity contribution is 5.24. The molecule has 0 aromatic carbocycles. The average molecular weight is 385 g/mol. The Balaban J connectivity index is 1.28. The van der Waals surface area contributed by atoms with Gasteiger partial charge in [0.25, 0.3) is 5.56 Å². The van der Waals surface area contributed by atoms with E-state index in [9.17, 15) is 4.79 Å². The van der Waals surface area contributed by atoms with E-state index in [0.29, 0.717) is 12.5 Å². The Morgan fingerprint density at radius 3 is 2.46 bits per heavy atom. The van der Waals surface area contributed by atoms with Gasteiger partial charge in [0.1, 0.15) is 0 Å². The van der Waals surface area contributed by atoms with Gasteiger partial charge in [0.05, 0.1) is 18.4 Å². The van der Waals surface area contributed by atoms with Crippen LogP contribution in [0.15, 0.2) is 23.1 Å². The van der Waals surface area contributed by atoms with Crippen LogP contribution in [0.1, 0.15) is 56.5 Å². The molecular formula is C21H32N6O. The zero-order valence-electron chi connectivity index (χ0n) is 17.3. The fourth-order valence-electron chi connectivity index (χ4n) is 3.83. The van der Waals surface area contributed by atoms with E-state index in [-0.39, 0.29) is 11.0 Å². The number of piperazine rings is 1. The third-order valence-corrected chi connectivity index (χ3v) is 5.86. The number of hydrogen-bond donors (Lipinski definition) is 1. The summed E-state index contributed by atoms with van der Waals surface area (Å²) < 4.78 is 1.63. The molecule has 2 aromatic rings. The minimum absolute atomic E-state index is 0.0146. The first-order valence-corrected chi connectivity index (χ1v) is 10.5. The van der Waals surface area contributed by atoms with Gasteiger partial charge in [-0.05, 0) is 18.9 Å². The SMILES string of the molecule is CC(C)(C)c1ccc(=O)n(CCN2CCN(Cc3cn[nH]c3C3CC3)CC2)n1. The standard InChI is InChI=1S/C21H32N6O/c1-21(2,3)18-6-7-19(28)27(24-18)13-12-25-8-10-26(11-9-25)15-17-14-22-23-20(17)16-4-5-16/h6-7,14,16H,4-5,8-13,15H2,1-3H3,(H,22,23). The fourth-order valence-corrected chi connectivity index (χ4v) is 3.83. The number of nitrogens with zero attached hydrogens (tertiary/aromatic N) is 5. The summed E-state index contributed by atoms with van der Waals surface area (Å²) >= 11 is 0. The molecule has 2 aliphatic rings. The van der Waals surface area contributed by atoms with E-state index < -0.39 is 0 Å². The van der Waals surface area contributed by atoms with Gasteiger partial charge in [0.15, 0.2) is 0 Å². The highest BCUT2D eigenvalue weighted by Crippen LogP contribution is 2.40. The molecular weight excluding hydrogens is 352 g/mol. The minimum Gasteiger partial charge on any atom is -0.299 e. The molecule has 7 nitrogen and oxygen atoms in total. The number of H-pyrrole nitrogens is 1. The quantitative estimate of drug-likeness (QED) is 0.824. The van der Waals surface area contributed by atoms with E-state index >= 15 is 0 Å². The van der Waals surface area contributed by atoms with E-state index in [1.807, 2.05) is 12.3 Å². The fraction of sp³-hybridized carbons (Fsp3) is 0.667. The Hall–Kier alpha value is -1.99. The number of hydrogen-bond acceptors (Lipinski definition) is 5. The molecule has 0 amide bonds. The third kappa shape index (κ3) is 4.52. The van der Waals surface area contributed by atoms with Crippen molar-refractivity contribution in [3.63, 3.8) is 0 Å². The summed E-state index contributed by atoms with van der Waals surface area (Å²) in [4.78, 5) is 17.1. The maximum atomic E-state index is 12.2. The number of aromatic amines is 1. The molecule has 152 valence electrons. The molecule has 0 bridgehead atoms. The van der Waals surface area contributed by atoms with E-state index in [0.717, 1.165) is 45.0 Å². The number of rotatable bonds is 6. The van der Waals surface area contributed by atoms with Gasteiger partial charge in [-0.1, -0.05) is 20.8 Å². The van der Waals surface area contributed by atoms with Crippen LogP contribution in [0.5, 0.6) is 0 Å². The normalized spacial score (nSPS) is 19.2. The highest BCUT2D eigenvalue weighted by atomic mass is 16.1. The van der Waals surface area contributed by atoms with Gasteiger partial charge in [-0.3, -0.25) is 19.7 Å². The molecule has 1 saturated heterocycles. The summed E-state index contributed by atoms with van der Waals surface area (Å²) in [5, 5.41) is 12.0. The van der Waals surface area contributed by atoms with E-state index in [1.165, 1.54) is 24.1 Å². The van der Waals surface area contributed by atoms with Crippen molar-refractivity contribution in [2.75, 3.05) is 32.7 Å². The third-order valence-electron chi connectivity index (χ3n) is 5.86. The van der Waals surface area contributed by atoms with Crippen LogP contribution < -0.4 is 5.56 Å². The van der Waals surface area contributed by atoms with Crippen molar-refractivity contribution in [2.24, 2.45) is 0 Å². The van der Waals surface area contributed by atoms with Crippen LogP contribution in [0, 0.1) is 0 Å². The second-order valence-corrected chi connectivity index (χ2v) is 9.23. The van der Waals surface area contributed by atoms with Gasteiger partial charge in [0, 0.05) is 67.9 Å². The minimum atomic E-state index is -0.0481. The average Bonchev–Trinajstić information content (AvgIpc) is 3.40. The maximum Gasteiger partial charge on any atom is 0.266 e. The van der Waals surface area contributed by atoms with Gasteiger partial charge in [0.2, 0.25) is 0 Å². The smallest absolute Gasteiger partial charge is 0.266 e. The molecule has 0 atom stereocenters. The summed E-state index contributed by atoms with van der Waals surface area (Å²) in [6, 6.07) is 3.50. The van der Waals surface area contributed by atoms with Gasteiger partial charge in [-0.2, -0.15) is 10.2 Å². The first kappa shape index (κ1) is 19.3. The maximum absolute atomic E-state index is 12.2. The number of aromatic nitrogens is 4. The molecule has 1 saturated carbocycles. The number of nitrogens with one attached hydrogen (secondary N) is 1. The van der Waals surface area contributed by atoms with E-state index in [1.54, 1.807) is 10.7 Å². The summed E-state index contributed by atoms with van der Waals surface area (Å²) in [7, 11) is 0. The van der Waals surface area contributed by atoms with Crippen LogP contribution in [0.4, 0.5) is 0 Å². The first-order valence-electron chi connectivity index (χ1n) is 10.5. The largest absolute Gasteiger partial charge is 0.299 e. The van der Waals surface area contributed by atoms with Gasteiger partial charge < -0.3 is 0 Å². The van der Waals surface area contributed by atoms with Crippen molar-refractivity contribution in [1.82, 2.24) is 29.8 Å². The summed E-state index contributed by atoms with van der Waals surface area (Å²) in [6.07, 6.45) is 4.60. The van der Waals surface area contributed by atoms with Crippen LogP contribution >= 0.6 is 0 Å². The van der Waals surface area contributed by atoms with Crippen molar-refractivity contribution < 1.29 is 0 Å². The predicted octanol–water partition coefficient (Wildman–Crippen LogP) is 1.96. The lowest BCUT2D eigenvalue weighted by Crippen LogP contribution is -2.47. The van der Waals surface area contributed by atoms with Crippen LogP contribution in [0.3, 0.4) is 0 Å². The van der Waals surface area contributed by atoms with Gasteiger partial charge in [-0.15, -0.1) is 0 Å². The highest BCUT2D eigenvalue weighted by Gasteiger charge is 2.28. The molecule has 1 N–H and O–H groups in total. The zero-order valence-corrected chi connectivity index (χ0v) is 17.3. The Labute approximate surface area is 166 Å². The van der Waals surface area contributed by atoms with Crippen LogP contribution in [0.2, 0.25) is 0 Å². The van der Waals surface area contributed by atoms with Gasteiger partial charge in [-0.25, -0.2) is 4.68 Å². The Kier molecular flexibility index (Phi) is 5.38. The second-order valence-electron chi connectivity index (χ2n) is 9.23. The molecule has 7 heteroatoms. The van der Waals surface area contributed by atoms with Crippen molar-refractivity contribution >= 4 is 0 Å². The molecule has 28 heavy (non-hydrogen) atoms. The molecule has 2 fully saturated rings. The molecule has 0 unspecified atom stereocenters. The Bertz CT molecular complexity index is 852. The molecule has 4 rings (SSSR count). The molecule has 3 heterocycles. The molecule has 0 spiro atoms. The molecule has 2 aromatic heterocycles. The first-order chi connectivity index (χ1) is 13.4. The van der Waals surface area contributed by atoms with E-state index in [4.69, 9.17) is 0 Å². The lowest BCUT2D eigenvalue weighted by atomic mass is 9.92. The van der Waals surface area contributed by atoms with Crippen molar-refractivity contribution in [3.8, 4) is 0 Å². The summed E-state index contributed by atoms with van der Waals surface area (Å²) in [5.41, 5.74) is 3.62. The van der Waals surface area contributed by atoms with Crippen molar-refractivity contribution in [1.29, 1.82) is 0 Å². The molecule has 1 aliphatic heterocycles. The van der Waals surface area contributed by atoms with Crippen molar-refractivity contribution in [2.45, 2.75) is 58.0 Å². The van der Waals surface area contributed by atoms with E-state index in [2.05, 4.69) is 45.9 Å². The molecule has 1 aliphatic carbocycles. The summed E-state index contributed by atoms with van der Waals surface area (Å²) in [6.45, 7) is 13.1. The molecule has 0 radical (unpaired) electrons. The predicted molar refractivity (Wildman–Crippen MR) is 109 cm³/mol. The van der Waals surface area contributed by atoms with Crippen LogP contribution in [-0.4, -0.2) is 62.5 Å². The second kappa shape index (κ2) is 7.79. The van der Waals surface area contributed by atoms with Crippen LogP contribution in [0.25, 0.3) is 0 Å². The lowest BCUT2D eigenvalue weighted by Gasteiger charge is -2.34. The Morgan fingerprint density at radius 1 is 1.07 bits per heavy atom. The van der Waals surface area contributed by atoms with Gasteiger partial charge >= 0.3 is 0 Å². The van der Waals surface area contributed by atoms with Crippen molar-refractivity contribution in [3.05, 3.63) is 45.6 Å². The Morgan fingerprint density at radius 2 is 1.79 bits per heavy atom. The monoisotopic (exact) mass is 384 g/mol. The zero-order chi connectivity index (χ0) is 19.7. The lowest BCUT2D eigenvalue weighted by molar-refractivity contribution is 0.122. The summed E-state index contributed by atoms with van der Waals surface area (Å²) in [5.74, 6) is 0.716. The topological polar surface area (TPSA) is 70.1 Å².